The van der Waals surface area contributed by atoms with E-state index < -0.39 is 6.04 Å². The summed E-state index contributed by atoms with van der Waals surface area (Å²) < 4.78 is 11.1. The minimum Gasteiger partial charge on any atom is -0.497 e. The van der Waals surface area contributed by atoms with E-state index in [1.165, 1.54) is 6.42 Å². The van der Waals surface area contributed by atoms with E-state index in [1.54, 1.807) is 31.6 Å². The molecule has 0 spiro atoms. The highest BCUT2D eigenvalue weighted by Crippen LogP contribution is 2.38. The van der Waals surface area contributed by atoms with Gasteiger partial charge in [0, 0.05) is 28.6 Å². The second-order valence-electron chi connectivity index (χ2n) is 9.35. The van der Waals surface area contributed by atoms with E-state index >= 15 is 0 Å². The first-order chi connectivity index (χ1) is 16.6. The van der Waals surface area contributed by atoms with Gasteiger partial charge in [-0.3, -0.25) is 9.59 Å². The molecule has 0 aliphatic heterocycles. The summed E-state index contributed by atoms with van der Waals surface area (Å²) >= 11 is 1.58. The molecule has 0 bridgehead atoms. The van der Waals surface area contributed by atoms with Crippen molar-refractivity contribution in [2.45, 2.75) is 82.3 Å². The number of thiophene rings is 1. The summed E-state index contributed by atoms with van der Waals surface area (Å²) in [7, 11) is 3.21. The van der Waals surface area contributed by atoms with Crippen molar-refractivity contribution in [2.24, 2.45) is 0 Å². The van der Waals surface area contributed by atoms with Crippen molar-refractivity contribution in [1.29, 1.82) is 0 Å². The predicted octanol–water partition coefficient (Wildman–Crippen LogP) is 5.27. The van der Waals surface area contributed by atoms with Crippen molar-refractivity contribution in [3.8, 4) is 11.5 Å². The number of amides is 2. The van der Waals surface area contributed by atoms with E-state index in [1.807, 2.05) is 34.5 Å². The average molecular weight is 485 g/mol. The van der Waals surface area contributed by atoms with Crippen LogP contribution in [-0.2, 0) is 16.0 Å². The standard InChI is InChI=1S/C27H36N2O4S/c1-32-21-14-15-23(24(17-21)33-2)26(27(31)28-19-9-4-3-5-10-19)29(20-11-6-7-12-20)25(30)18-22-13-8-16-34-22/h8,13-17,19-20,26H,3-7,9-12,18H2,1-2H3,(H,28,31)/t26-/m1/s1. The summed E-state index contributed by atoms with van der Waals surface area (Å²) in [4.78, 5) is 30.7. The van der Waals surface area contributed by atoms with Gasteiger partial charge in [-0.1, -0.05) is 38.2 Å². The van der Waals surface area contributed by atoms with Crippen LogP contribution >= 0.6 is 11.3 Å². The molecule has 2 aliphatic carbocycles. The van der Waals surface area contributed by atoms with Gasteiger partial charge in [-0.15, -0.1) is 11.3 Å². The number of methoxy groups -OCH3 is 2. The summed E-state index contributed by atoms with van der Waals surface area (Å²) in [5.74, 6) is 1.11. The molecule has 0 saturated heterocycles. The highest BCUT2D eigenvalue weighted by atomic mass is 32.1. The first-order valence-corrected chi connectivity index (χ1v) is 13.3. The van der Waals surface area contributed by atoms with E-state index in [2.05, 4.69) is 5.32 Å². The fourth-order valence-electron chi connectivity index (χ4n) is 5.38. The van der Waals surface area contributed by atoms with Gasteiger partial charge in [-0.05, 0) is 49.3 Å². The van der Waals surface area contributed by atoms with Crippen LogP contribution in [0.25, 0.3) is 0 Å². The zero-order valence-corrected chi connectivity index (χ0v) is 21.1. The van der Waals surface area contributed by atoms with Gasteiger partial charge in [0.05, 0.1) is 20.6 Å². The van der Waals surface area contributed by atoms with E-state index in [-0.39, 0.29) is 23.9 Å². The average Bonchev–Trinajstić information content (AvgIpc) is 3.57. The zero-order valence-electron chi connectivity index (χ0n) is 20.3. The molecule has 7 heteroatoms. The lowest BCUT2D eigenvalue weighted by atomic mass is 9.94. The van der Waals surface area contributed by atoms with Crippen LogP contribution < -0.4 is 14.8 Å². The van der Waals surface area contributed by atoms with Gasteiger partial charge >= 0.3 is 0 Å². The van der Waals surface area contributed by atoms with Crippen LogP contribution in [0.2, 0.25) is 0 Å². The van der Waals surface area contributed by atoms with Crippen LogP contribution in [0.1, 0.15) is 74.3 Å². The quantitative estimate of drug-likeness (QED) is 0.527. The molecule has 1 heterocycles. The Kier molecular flexibility index (Phi) is 8.48. The van der Waals surface area contributed by atoms with E-state index in [0.717, 1.165) is 56.2 Å². The molecular formula is C27H36N2O4S. The maximum Gasteiger partial charge on any atom is 0.247 e. The Balaban J connectivity index is 1.72. The number of rotatable bonds is 9. The molecule has 0 radical (unpaired) electrons. The Morgan fingerprint density at radius 1 is 1.03 bits per heavy atom. The lowest BCUT2D eigenvalue weighted by molar-refractivity contribution is -0.143. The van der Waals surface area contributed by atoms with Crippen LogP contribution in [0.5, 0.6) is 11.5 Å². The van der Waals surface area contributed by atoms with Crippen molar-refractivity contribution in [3.05, 3.63) is 46.2 Å². The van der Waals surface area contributed by atoms with E-state index in [0.29, 0.717) is 23.5 Å². The molecule has 0 unspecified atom stereocenters. The SMILES string of the molecule is COc1ccc([C@H](C(=O)NC2CCCCC2)N(C(=O)Cc2cccs2)C2CCCC2)c(OC)c1. The van der Waals surface area contributed by atoms with Crippen LogP contribution in [0.15, 0.2) is 35.7 Å². The largest absolute Gasteiger partial charge is 0.497 e. The highest BCUT2D eigenvalue weighted by Gasteiger charge is 2.39. The van der Waals surface area contributed by atoms with Gasteiger partial charge in [0.2, 0.25) is 11.8 Å². The summed E-state index contributed by atoms with van der Waals surface area (Å²) in [5.41, 5.74) is 0.711. The summed E-state index contributed by atoms with van der Waals surface area (Å²) in [6.45, 7) is 0. The third kappa shape index (κ3) is 5.74. The minimum absolute atomic E-state index is 0.00369. The summed E-state index contributed by atoms with van der Waals surface area (Å²) in [6.07, 6.45) is 9.75. The third-order valence-corrected chi connectivity index (χ3v) is 8.00. The molecule has 2 aliphatic rings. The number of hydrogen-bond acceptors (Lipinski definition) is 5. The fourth-order valence-corrected chi connectivity index (χ4v) is 6.08. The normalized spacial score (nSPS) is 17.8. The maximum absolute atomic E-state index is 14.0. The fraction of sp³-hybridized carbons (Fsp3) is 0.556. The number of hydrogen-bond donors (Lipinski definition) is 1. The topological polar surface area (TPSA) is 67.9 Å². The number of nitrogens with one attached hydrogen (secondary N) is 1. The van der Waals surface area contributed by atoms with Crippen LogP contribution in [0, 0.1) is 0 Å². The zero-order chi connectivity index (χ0) is 23.9. The molecule has 4 rings (SSSR count). The molecule has 1 aromatic heterocycles. The number of carbonyl (C=O) groups excluding carboxylic acids is 2. The molecule has 2 amide bonds. The molecule has 1 N–H and O–H groups in total. The molecular weight excluding hydrogens is 448 g/mol. The van der Waals surface area contributed by atoms with Gasteiger partial charge in [0.1, 0.15) is 17.5 Å². The number of carbonyl (C=O) groups is 2. The molecule has 34 heavy (non-hydrogen) atoms. The molecule has 2 saturated carbocycles. The number of nitrogens with zero attached hydrogens (tertiary/aromatic N) is 1. The van der Waals surface area contributed by atoms with Crippen molar-refractivity contribution < 1.29 is 19.1 Å². The van der Waals surface area contributed by atoms with E-state index in [4.69, 9.17) is 9.47 Å². The predicted molar refractivity (Wildman–Crippen MR) is 134 cm³/mol. The second kappa shape index (κ2) is 11.7. The third-order valence-electron chi connectivity index (χ3n) is 7.12. The highest BCUT2D eigenvalue weighted by molar-refractivity contribution is 7.10. The van der Waals surface area contributed by atoms with Crippen LogP contribution in [0.4, 0.5) is 0 Å². The van der Waals surface area contributed by atoms with Gasteiger partial charge in [0.15, 0.2) is 0 Å². The van der Waals surface area contributed by atoms with Gasteiger partial charge in [0.25, 0.3) is 0 Å². The smallest absolute Gasteiger partial charge is 0.247 e. The van der Waals surface area contributed by atoms with Crippen LogP contribution in [0.3, 0.4) is 0 Å². The molecule has 2 fully saturated rings. The molecule has 2 aromatic rings. The monoisotopic (exact) mass is 484 g/mol. The number of benzene rings is 1. The summed E-state index contributed by atoms with van der Waals surface area (Å²) in [5, 5.41) is 5.29. The summed E-state index contributed by atoms with van der Waals surface area (Å²) in [6, 6.07) is 8.93. The molecule has 1 aromatic carbocycles. The van der Waals surface area contributed by atoms with Crippen molar-refractivity contribution in [1.82, 2.24) is 10.2 Å². The van der Waals surface area contributed by atoms with Crippen molar-refractivity contribution in [2.75, 3.05) is 14.2 Å². The van der Waals surface area contributed by atoms with Crippen molar-refractivity contribution >= 4 is 23.2 Å². The molecule has 184 valence electrons. The Morgan fingerprint density at radius 2 is 1.76 bits per heavy atom. The Morgan fingerprint density at radius 3 is 2.41 bits per heavy atom. The Labute approximate surface area is 206 Å². The van der Waals surface area contributed by atoms with Crippen molar-refractivity contribution in [3.63, 3.8) is 0 Å². The molecule has 6 nitrogen and oxygen atoms in total. The lowest BCUT2D eigenvalue weighted by Crippen LogP contribution is -2.50. The molecule has 1 atom stereocenters. The Bertz CT molecular complexity index is 950. The minimum atomic E-state index is -0.738. The lowest BCUT2D eigenvalue weighted by Gasteiger charge is -2.37. The first-order valence-electron chi connectivity index (χ1n) is 12.5. The second-order valence-corrected chi connectivity index (χ2v) is 10.4. The maximum atomic E-state index is 14.0. The Hall–Kier alpha value is -2.54. The van der Waals surface area contributed by atoms with Gasteiger partial charge in [-0.25, -0.2) is 0 Å². The first kappa shape index (κ1) is 24.6. The van der Waals surface area contributed by atoms with Gasteiger partial charge in [-0.2, -0.15) is 0 Å². The van der Waals surface area contributed by atoms with Crippen LogP contribution in [-0.4, -0.2) is 43.0 Å². The number of ether oxygens (including phenoxy) is 2. The van der Waals surface area contributed by atoms with E-state index in [9.17, 15) is 9.59 Å². The van der Waals surface area contributed by atoms with Gasteiger partial charge < -0.3 is 19.7 Å².